The average Bonchev–Trinajstić information content (AvgIpc) is 3.42. The van der Waals surface area contributed by atoms with Gasteiger partial charge in [-0.25, -0.2) is 14.0 Å². The standard InChI is InChI=1S/C28H35FN4O7S/c1-27(2,3)39-26(35)33-13-12-24(40-41(4,36)37)28(33,30)22(21-15-31-23-14-19(29)10-11-20(21)23)16-32-25(34)38-17-18-8-6-5-7-9-18/h5-11,14-15,22,24,31H,12-13,16-17,30H2,1-4H3,(H,32,34)/t22-,24+,28-/m1/s1. The third-order valence-corrected chi connectivity index (χ3v) is 7.36. The molecule has 3 aromatic rings. The van der Waals surface area contributed by atoms with E-state index in [4.69, 9.17) is 19.4 Å². The first-order valence-corrected chi connectivity index (χ1v) is 14.9. The van der Waals surface area contributed by atoms with Crippen LogP contribution in [0.1, 0.15) is 44.2 Å². The molecule has 0 aliphatic carbocycles. The Kier molecular flexibility index (Phi) is 8.62. The van der Waals surface area contributed by atoms with Gasteiger partial charge in [-0.15, -0.1) is 0 Å². The lowest BCUT2D eigenvalue weighted by atomic mass is 9.82. The molecule has 222 valence electrons. The van der Waals surface area contributed by atoms with Crippen molar-refractivity contribution in [2.75, 3.05) is 19.3 Å². The van der Waals surface area contributed by atoms with Gasteiger partial charge in [0.05, 0.1) is 6.26 Å². The molecule has 0 saturated carbocycles. The normalized spacial score (nSPS) is 20.1. The number of benzene rings is 2. The van der Waals surface area contributed by atoms with Crippen molar-refractivity contribution < 1.29 is 36.1 Å². The highest BCUT2D eigenvalue weighted by Gasteiger charge is 2.57. The van der Waals surface area contributed by atoms with Crippen molar-refractivity contribution in [3.05, 3.63) is 71.7 Å². The quantitative estimate of drug-likeness (QED) is 0.333. The first-order chi connectivity index (χ1) is 19.2. The van der Waals surface area contributed by atoms with E-state index in [-0.39, 0.29) is 26.1 Å². The van der Waals surface area contributed by atoms with Gasteiger partial charge in [0.2, 0.25) is 0 Å². The third kappa shape index (κ3) is 7.16. The van der Waals surface area contributed by atoms with Crippen LogP contribution < -0.4 is 11.1 Å². The van der Waals surface area contributed by atoms with E-state index in [1.54, 1.807) is 45.2 Å². The molecule has 0 unspecified atom stereocenters. The molecule has 4 rings (SSSR count). The monoisotopic (exact) mass is 590 g/mol. The Morgan fingerprint density at radius 1 is 1.22 bits per heavy atom. The third-order valence-electron chi connectivity index (χ3n) is 6.78. The Bertz CT molecular complexity index is 1510. The van der Waals surface area contributed by atoms with Crippen LogP contribution in [0.5, 0.6) is 0 Å². The summed E-state index contributed by atoms with van der Waals surface area (Å²) in [6, 6.07) is 13.2. The SMILES string of the molecule is CC(C)(C)OC(=O)N1CC[C@H](OS(C)(=O)=O)[C@@]1(N)[C@H](CNC(=O)OCc1ccccc1)c1c[nH]c2cc(F)ccc12. The molecule has 1 aliphatic rings. The van der Waals surface area contributed by atoms with E-state index in [1.807, 2.05) is 18.2 Å². The number of hydrogen-bond acceptors (Lipinski definition) is 8. The van der Waals surface area contributed by atoms with Gasteiger partial charge in [-0.05, 0) is 56.5 Å². The summed E-state index contributed by atoms with van der Waals surface area (Å²) in [7, 11) is -4.01. The van der Waals surface area contributed by atoms with Crippen LogP contribution in [0, 0.1) is 5.82 Å². The summed E-state index contributed by atoms with van der Waals surface area (Å²) in [5.41, 5.74) is 6.08. The summed E-state index contributed by atoms with van der Waals surface area (Å²) in [6.45, 7) is 4.94. The minimum absolute atomic E-state index is 0.0152. The average molecular weight is 591 g/mol. The van der Waals surface area contributed by atoms with E-state index in [9.17, 15) is 22.4 Å². The Hall–Kier alpha value is -3.68. The number of H-pyrrole nitrogens is 1. The molecule has 2 amide bonds. The number of carbonyl (C=O) groups excluding carboxylic acids is 2. The molecule has 1 fully saturated rings. The second kappa shape index (κ2) is 11.7. The topological polar surface area (TPSA) is 153 Å². The van der Waals surface area contributed by atoms with Crippen LogP contribution in [0.15, 0.2) is 54.7 Å². The zero-order valence-corrected chi connectivity index (χ0v) is 24.2. The van der Waals surface area contributed by atoms with Gasteiger partial charge in [-0.3, -0.25) is 9.08 Å². The number of nitrogens with zero attached hydrogens (tertiary/aromatic N) is 1. The van der Waals surface area contributed by atoms with E-state index >= 15 is 0 Å². The molecule has 0 radical (unpaired) electrons. The van der Waals surface area contributed by atoms with Crippen LogP contribution in [0.2, 0.25) is 0 Å². The maximum atomic E-state index is 14.0. The fourth-order valence-corrected chi connectivity index (χ4v) is 5.72. The largest absolute Gasteiger partial charge is 0.445 e. The number of aromatic amines is 1. The first-order valence-electron chi connectivity index (χ1n) is 13.1. The van der Waals surface area contributed by atoms with Crippen molar-refractivity contribution in [3.63, 3.8) is 0 Å². The second-order valence-electron chi connectivity index (χ2n) is 11.0. The van der Waals surface area contributed by atoms with Gasteiger partial charge >= 0.3 is 12.2 Å². The summed E-state index contributed by atoms with van der Waals surface area (Å²) in [6.07, 6.45) is -0.162. The number of amides is 2. The van der Waals surface area contributed by atoms with Gasteiger partial charge in [0.1, 0.15) is 29.8 Å². The molecule has 2 aromatic carbocycles. The highest BCUT2D eigenvalue weighted by molar-refractivity contribution is 7.86. The number of halogens is 1. The van der Waals surface area contributed by atoms with E-state index in [0.717, 1.165) is 11.8 Å². The highest BCUT2D eigenvalue weighted by Crippen LogP contribution is 2.42. The van der Waals surface area contributed by atoms with Gasteiger partial charge < -0.3 is 25.5 Å². The molecule has 13 heteroatoms. The van der Waals surface area contributed by atoms with Crippen LogP contribution in [0.3, 0.4) is 0 Å². The fourth-order valence-electron chi connectivity index (χ4n) is 5.05. The van der Waals surface area contributed by atoms with E-state index in [1.165, 1.54) is 17.0 Å². The van der Waals surface area contributed by atoms with Gasteiger partial charge in [-0.1, -0.05) is 30.3 Å². The highest BCUT2D eigenvalue weighted by atomic mass is 32.2. The van der Waals surface area contributed by atoms with Gasteiger partial charge in [0.25, 0.3) is 10.1 Å². The number of aromatic nitrogens is 1. The molecule has 0 spiro atoms. The predicted octanol–water partition coefficient (Wildman–Crippen LogP) is 3.96. The van der Waals surface area contributed by atoms with Gasteiger partial charge in [-0.2, -0.15) is 8.42 Å². The zero-order chi connectivity index (χ0) is 30.0. The molecule has 41 heavy (non-hydrogen) atoms. The predicted molar refractivity (Wildman–Crippen MR) is 150 cm³/mol. The molecule has 4 N–H and O–H groups in total. The Labute approximate surface area is 238 Å². The molecule has 1 aromatic heterocycles. The molecule has 0 bridgehead atoms. The Morgan fingerprint density at radius 3 is 2.59 bits per heavy atom. The molecule has 1 saturated heterocycles. The maximum absolute atomic E-state index is 14.0. The van der Waals surface area contributed by atoms with Crippen LogP contribution in [-0.2, 0) is 30.4 Å². The molecular formula is C28H35FN4O7S. The number of likely N-dealkylation sites (tertiary alicyclic amines) is 1. The number of alkyl carbamates (subject to hydrolysis) is 1. The fraction of sp³-hybridized carbons (Fsp3) is 0.429. The lowest BCUT2D eigenvalue weighted by Gasteiger charge is -2.44. The number of nitrogens with two attached hydrogens (primary N) is 1. The van der Waals surface area contributed by atoms with E-state index in [0.29, 0.717) is 16.5 Å². The molecule has 2 heterocycles. The lowest BCUT2D eigenvalue weighted by Crippen LogP contribution is -2.66. The summed E-state index contributed by atoms with van der Waals surface area (Å²) < 4.78 is 55.0. The number of fused-ring (bicyclic) bond motifs is 1. The number of nitrogens with one attached hydrogen (secondary N) is 2. The zero-order valence-electron chi connectivity index (χ0n) is 23.3. The van der Waals surface area contributed by atoms with Gasteiger partial charge in [0, 0.05) is 36.1 Å². The van der Waals surface area contributed by atoms with Gasteiger partial charge in [0.15, 0.2) is 0 Å². The summed E-state index contributed by atoms with van der Waals surface area (Å²) >= 11 is 0. The first kappa shape index (κ1) is 30.3. The number of carbonyl (C=O) groups is 2. The van der Waals surface area contributed by atoms with Crippen LogP contribution in [0.4, 0.5) is 14.0 Å². The minimum atomic E-state index is -4.01. The Morgan fingerprint density at radius 2 is 1.93 bits per heavy atom. The molecule has 1 aliphatic heterocycles. The molecular weight excluding hydrogens is 555 g/mol. The summed E-state index contributed by atoms with van der Waals surface area (Å²) in [5.74, 6) is -1.42. The van der Waals surface area contributed by atoms with Crippen LogP contribution in [0.25, 0.3) is 10.9 Å². The van der Waals surface area contributed by atoms with Crippen molar-refractivity contribution in [3.8, 4) is 0 Å². The maximum Gasteiger partial charge on any atom is 0.411 e. The van der Waals surface area contributed by atoms with Crippen molar-refractivity contribution in [2.45, 2.75) is 57.1 Å². The van der Waals surface area contributed by atoms with E-state index in [2.05, 4.69) is 10.3 Å². The van der Waals surface area contributed by atoms with Crippen molar-refractivity contribution in [2.24, 2.45) is 5.73 Å². The molecule has 3 atom stereocenters. The number of hydrogen-bond donors (Lipinski definition) is 3. The lowest BCUT2D eigenvalue weighted by molar-refractivity contribution is -0.0156. The second-order valence-corrected chi connectivity index (χ2v) is 12.6. The number of rotatable bonds is 8. The summed E-state index contributed by atoms with van der Waals surface area (Å²) in [4.78, 5) is 30.4. The van der Waals surface area contributed by atoms with Crippen molar-refractivity contribution in [1.82, 2.24) is 15.2 Å². The van der Waals surface area contributed by atoms with Crippen LogP contribution >= 0.6 is 0 Å². The smallest absolute Gasteiger partial charge is 0.411 e. The van der Waals surface area contributed by atoms with E-state index < -0.39 is 51.4 Å². The van der Waals surface area contributed by atoms with Crippen molar-refractivity contribution in [1.29, 1.82) is 0 Å². The van der Waals surface area contributed by atoms with Crippen LogP contribution in [-0.4, -0.2) is 67.2 Å². The van der Waals surface area contributed by atoms with Crippen molar-refractivity contribution >= 4 is 33.2 Å². The molecule has 11 nitrogen and oxygen atoms in total. The number of ether oxygens (including phenoxy) is 2. The Balaban J connectivity index is 1.73. The minimum Gasteiger partial charge on any atom is -0.445 e. The summed E-state index contributed by atoms with van der Waals surface area (Å²) in [5, 5.41) is 3.26.